The van der Waals surface area contributed by atoms with Crippen molar-refractivity contribution in [2.24, 2.45) is 0 Å². The largest absolute Gasteiger partial charge is 0.497 e. The van der Waals surface area contributed by atoms with Crippen molar-refractivity contribution in [2.75, 3.05) is 70.9 Å². The van der Waals surface area contributed by atoms with Gasteiger partial charge in [0.25, 0.3) is 0 Å². The van der Waals surface area contributed by atoms with Crippen molar-refractivity contribution in [1.29, 1.82) is 0 Å². The molecule has 1 saturated carbocycles. The van der Waals surface area contributed by atoms with Gasteiger partial charge in [-0.15, -0.1) is 0 Å². The lowest BCUT2D eigenvalue weighted by Crippen LogP contribution is -2.56. The van der Waals surface area contributed by atoms with Crippen LogP contribution in [-0.2, 0) is 4.79 Å². The van der Waals surface area contributed by atoms with Gasteiger partial charge in [-0.25, -0.2) is 4.98 Å². The van der Waals surface area contributed by atoms with Crippen LogP contribution in [0.15, 0.2) is 36.7 Å². The molecule has 2 saturated heterocycles. The van der Waals surface area contributed by atoms with Crippen LogP contribution in [0.2, 0.25) is 0 Å². The number of anilines is 1. The summed E-state index contributed by atoms with van der Waals surface area (Å²) in [4.78, 5) is 31.2. The number of hydrogen-bond acceptors (Lipinski definition) is 7. The summed E-state index contributed by atoms with van der Waals surface area (Å²) in [5.41, 5.74) is 1.82. The van der Waals surface area contributed by atoms with Gasteiger partial charge in [0.2, 0.25) is 5.91 Å². The molecule has 0 unspecified atom stereocenters. The fourth-order valence-corrected chi connectivity index (χ4v) is 4.93. The lowest BCUT2D eigenvalue weighted by atomic mass is 9.91. The maximum atomic E-state index is 12.8. The van der Waals surface area contributed by atoms with Crippen molar-refractivity contribution in [2.45, 2.75) is 25.3 Å². The summed E-state index contributed by atoms with van der Waals surface area (Å²) in [6.45, 7) is 7.81. The molecule has 0 radical (unpaired) electrons. The predicted octanol–water partition coefficient (Wildman–Crippen LogP) is 1.97. The first-order valence-corrected chi connectivity index (χ1v) is 12.2. The molecule has 3 aliphatic rings. The molecule has 0 N–H and O–H groups in total. The summed E-state index contributed by atoms with van der Waals surface area (Å²) in [6, 6.07) is 8.63. The highest BCUT2D eigenvalue weighted by Crippen LogP contribution is 2.26. The predicted molar refractivity (Wildman–Crippen MR) is 128 cm³/mol. The molecule has 3 heterocycles. The molecular weight excluding hydrogens is 416 g/mol. The summed E-state index contributed by atoms with van der Waals surface area (Å²) in [6.07, 6.45) is 7.72. The van der Waals surface area contributed by atoms with Crippen LogP contribution in [0.5, 0.6) is 5.75 Å². The molecule has 0 bridgehead atoms. The molecule has 8 nitrogen and oxygen atoms in total. The maximum Gasteiger partial charge on any atom is 0.236 e. The zero-order valence-corrected chi connectivity index (χ0v) is 19.5. The molecule has 33 heavy (non-hydrogen) atoms. The molecule has 176 valence electrons. The second-order valence-electron chi connectivity index (χ2n) is 9.26. The minimum Gasteiger partial charge on any atom is -0.497 e. The Morgan fingerprint density at radius 2 is 1.79 bits per heavy atom. The number of benzene rings is 1. The van der Waals surface area contributed by atoms with Gasteiger partial charge < -0.3 is 14.5 Å². The van der Waals surface area contributed by atoms with Gasteiger partial charge in [-0.3, -0.25) is 19.6 Å². The summed E-state index contributed by atoms with van der Waals surface area (Å²) in [7, 11) is 1.66. The minimum absolute atomic E-state index is 0.277. The molecule has 8 heteroatoms. The Balaban J connectivity index is 1.09. The summed E-state index contributed by atoms with van der Waals surface area (Å²) < 4.78 is 5.30. The van der Waals surface area contributed by atoms with E-state index in [0.29, 0.717) is 6.54 Å². The molecule has 0 spiro atoms. The number of hydrogen-bond donors (Lipinski definition) is 0. The van der Waals surface area contributed by atoms with Crippen LogP contribution in [0.3, 0.4) is 0 Å². The Hall–Kier alpha value is -2.71. The lowest BCUT2D eigenvalue weighted by molar-refractivity contribution is -0.134. The summed E-state index contributed by atoms with van der Waals surface area (Å²) in [5, 5.41) is 0. The first-order valence-electron chi connectivity index (χ1n) is 12.2. The molecule has 1 amide bonds. The number of aromatic nitrogens is 2. The molecule has 1 aromatic heterocycles. The first-order chi connectivity index (χ1) is 16.2. The third-order valence-electron chi connectivity index (χ3n) is 7.32. The van der Waals surface area contributed by atoms with E-state index >= 15 is 0 Å². The fraction of sp³-hybridized carbons (Fsp3) is 0.560. The number of rotatable bonds is 6. The average molecular weight is 451 g/mol. The highest BCUT2D eigenvalue weighted by Gasteiger charge is 2.30. The van der Waals surface area contributed by atoms with Crippen molar-refractivity contribution >= 4 is 11.7 Å². The molecule has 2 aliphatic heterocycles. The van der Waals surface area contributed by atoms with E-state index in [4.69, 9.17) is 4.74 Å². The van der Waals surface area contributed by atoms with E-state index in [1.54, 1.807) is 7.11 Å². The zero-order chi connectivity index (χ0) is 22.6. The lowest BCUT2D eigenvalue weighted by Gasteiger charge is -2.43. The van der Waals surface area contributed by atoms with Gasteiger partial charge in [-0.2, -0.15) is 0 Å². The third-order valence-corrected chi connectivity index (χ3v) is 7.32. The number of carbonyl (C=O) groups is 1. The number of amides is 1. The monoisotopic (exact) mass is 450 g/mol. The van der Waals surface area contributed by atoms with Crippen LogP contribution in [0.4, 0.5) is 5.82 Å². The van der Waals surface area contributed by atoms with E-state index in [0.717, 1.165) is 81.2 Å². The van der Waals surface area contributed by atoms with Gasteiger partial charge in [0.05, 0.1) is 31.7 Å². The molecule has 5 rings (SSSR count). The second-order valence-corrected chi connectivity index (χ2v) is 9.26. The van der Waals surface area contributed by atoms with Crippen molar-refractivity contribution in [3.05, 3.63) is 36.7 Å². The maximum absolute atomic E-state index is 12.8. The van der Waals surface area contributed by atoms with Crippen LogP contribution >= 0.6 is 0 Å². The number of methoxy groups -OCH3 is 1. The molecule has 1 aliphatic carbocycles. The van der Waals surface area contributed by atoms with Gasteiger partial charge in [0, 0.05) is 64.0 Å². The van der Waals surface area contributed by atoms with Crippen LogP contribution in [-0.4, -0.2) is 103 Å². The Labute approximate surface area is 196 Å². The van der Waals surface area contributed by atoms with Crippen LogP contribution < -0.4 is 9.64 Å². The highest BCUT2D eigenvalue weighted by atomic mass is 16.5. The molecule has 1 aromatic carbocycles. The van der Waals surface area contributed by atoms with E-state index in [1.165, 1.54) is 19.3 Å². The Morgan fingerprint density at radius 1 is 1.00 bits per heavy atom. The first kappa shape index (κ1) is 22.1. The van der Waals surface area contributed by atoms with E-state index in [1.807, 2.05) is 36.7 Å². The highest BCUT2D eigenvalue weighted by molar-refractivity contribution is 5.78. The number of piperazine rings is 2. The van der Waals surface area contributed by atoms with Gasteiger partial charge in [-0.1, -0.05) is 18.6 Å². The van der Waals surface area contributed by atoms with Crippen LogP contribution in [0.1, 0.15) is 19.3 Å². The Morgan fingerprint density at radius 3 is 2.42 bits per heavy atom. The number of carbonyl (C=O) groups excluding carboxylic acids is 1. The standard InChI is InChI=1S/C25H34N6O2/c1-33-22-7-2-4-20(16-22)23-17-27-24(18-26-23)30-10-8-28(9-11-30)19-25(32)31-14-12-29(13-15-31)21-5-3-6-21/h2,4,7,16-18,21H,3,5-6,8-15,19H2,1H3. The van der Waals surface area contributed by atoms with Crippen LogP contribution in [0.25, 0.3) is 11.3 Å². The van der Waals surface area contributed by atoms with Gasteiger partial charge in [-0.05, 0) is 25.0 Å². The number of nitrogens with zero attached hydrogens (tertiary/aromatic N) is 6. The van der Waals surface area contributed by atoms with Gasteiger partial charge in [0.1, 0.15) is 11.6 Å². The van der Waals surface area contributed by atoms with E-state index in [2.05, 4.69) is 29.6 Å². The Bertz CT molecular complexity index is 932. The third kappa shape index (κ3) is 5.12. The van der Waals surface area contributed by atoms with E-state index in [-0.39, 0.29) is 5.91 Å². The SMILES string of the molecule is COc1cccc(-c2cnc(N3CCN(CC(=O)N4CCN(C5CCC5)CC4)CC3)cn2)c1. The average Bonchev–Trinajstić information content (AvgIpc) is 2.84. The molecular formula is C25H34N6O2. The quantitative estimate of drug-likeness (QED) is 0.667. The van der Waals surface area contributed by atoms with Crippen molar-refractivity contribution in [3.8, 4) is 17.0 Å². The number of ether oxygens (including phenoxy) is 1. The smallest absolute Gasteiger partial charge is 0.236 e. The van der Waals surface area contributed by atoms with E-state index in [9.17, 15) is 4.79 Å². The zero-order valence-electron chi connectivity index (χ0n) is 19.5. The summed E-state index contributed by atoms with van der Waals surface area (Å²) >= 11 is 0. The van der Waals surface area contributed by atoms with Crippen molar-refractivity contribution in [1.82, 2.24) is 24.7 Å². The Kier molecular flexibility index (Phi) is 6.73. The van der Waals surface area contributed by atoms with Crippen molar-refractivity contribution in [3.63, 3.8) is 0 Å². The van der Waals surface area contributed by atoms with Gasteiger partial charge in [0.15, 0.2) is 0 Å². The minimum atomic E-state index is 0.277. The van der Waals surface area contributed by atoms with Crippen LogP contribution in [0, 0.1) is 0 Å². The van der Waals surface area contributed by atoms with E-state index < -0.39 is 0 Å². The fourth-order valence-electron chi connectivity index (χ4n) is 4.93. The molecule has 0 atom stereocenters. The topological polar surface area (TPSA) is 65.0 Å². The summed E-state index contributed by atoms with van der Waals surface area (Å²) in [5.74, 6) is 1.98. The van der Waals surface area contributed by atoms with Crippen molar-refractivity contribution < 1.29 is 9.53 Å². The second kappa shape index (κ2) is 10.1. The normalized spacial score (nSPS) is 20.5. The molecule has 3 fully saturated rings. The molecule has 2 aromatic rings. The van der Waals surface area contributed by atoms with Gasteiger partial charge >= 0.3 is 0 Å².